The predicted octanol–water partition coefficient (Wildman–Crippen LogP) is 3.42. The Labute approximate surface area is 249 Å². The maximum absolute atomic E-state index is 14.5. The third-order valence-corrected chi connectivity index (χ3v) is 7.87. The quantitative estimate of drug-likeness (QED) is 0.224. The van der Waals surface area contributed by atoms with Crippen LogP contribution in [-0.4, -0.2) is 52.9 Å². The summed E-state index contributed by atoms with van der Waals surface area (Å²) in [4.78, 5) is 55.4. The normalized spacial score (nSPS) is 23.3. The molecule has 3 aromatic carbocycles. The number of halogens is 1. The minimum Gasteiger partial charge on any atom is -0.461 e. The molecule has 44 heavy (non-hydrogen) atoms. The van der Waals surface area contributed by atoms with Gasteiger partial charge in [0.05, 0.1) is 34.2 Å². The van der Waals surface area contributed by atoms with Crippen molar-refractivity contribution in [2.45, 2.75) is 18.4 Å². The zero-order chi connectivity index (χ0) is 30.8. The summed E-state index contributed by atoms with van der Waals surface area (Å²) >= 11 is 0. The molecule has 2 aliphatic rings. The number of carbonyl (C=O) groups is 3. The third-order valence-electron chi connectivity index (χ3n) is 7.87. The summed E-state index contributed by atoms with van der Waals surface area (Å²) in [6.45, 7) is -0.690. The molecular formula is C32H26FN3O8. The summed E-state index contributed by atoms with van der Waals surface area (Å²) in [5.74, 6) is -4.36. The Hall–Kier alpha value is -5.36. The Morgan fingerprint density at radius 3 is 1.93 bits per heavy atom. The summed E-state index contributed by atoms with van der Waals surface area (Å²) in [5, 5.41) is 0. The van der Waals surface area contributed by atoms with E-state index in [1.54, 1.807) is 91.0 Å². The minimum atomic E-state index is -1.27. The van der Waals surface area contributed by atoms with E-state index in [0.717, 1.165) is 10.8 Å². The first-order valence-electron chi connectivity index (χ1n) is 13.7. The van der Waals surface area contributed by atoms with Crippen LogP contribution in [0.3, 0.4) is 0 Å². The van der Waals surface area contributed by atoms with Crippen molar-refractivity contribution >= 4 is 23.7 Å². The van der Waals surface area contributed by atoms with Gasteiger partial charge in [0.25, 0.3) is 0 Å². The van der Waals surface area contributed by atoms with Crippen LogP contribution in [0.2, 0.25) is 0 Å². The summed E-state index contributed by atoms with van der Waals surface area (Å²) in [5.41, 5.74) is 4.14. The fourth-order valence-corrected chi connectivity index (χ4v) is 5.59. The topological polar surface area (TPSA) is 149 Å². The Bertz CT molecular complexity index is 1750. The molecule has 1 saturated heterocycles. The molecule has 0 bridgehead atoms. The first-order chi connectivity index (χ1) is 21.3. The van der Waals surface area contributed by atoms with Gasteiger partial charge in [0.1, 0.15) is 31.6 Å². The van der Waals surface area contributed by atoms with Crippen molar-refractivity contribution in [3.63, 3.8) is 0 Å². The van der Waals surface area contributed by atoms with Crippen molar-refractivity contribution in [3.8, 4) is 0 Å². The van der Waals surface area contributed by atoms with E-state index in [1.165, 1.54) is 0 Å². The van der Waals surface area contributed by atoms with Crippen LogP contribution in [0.4, 0.5) is 10.2 Å². The maximum atomic E-state index is 14.5. The van der Waals surface area contributed by atoms with Crippen molar-refractivity contribution in [2.75, 3.05) is 18.9 Å². The van der Waals surface area contributed by atoms with Crippen molar-refractivity contribution in [1.82, 2.24) is 9.55 Å². The molecule has 1 aromatic heterocycles. The highest BCUT2D eigenvalue weighted by atomic mass is 19.1. The number of hydrogen-bond donors (Lipinski definition) is 1. The van der Waals surface area contributed by atoms with Gasteiger partial charge < -0.3 is 24.7 Å². The van der Waals surface area contributed by atoms with Gasteiger partial charge in [-0.05, 0) is 36.4 Å². The van der Waals surface area contributed by atoms with Gasteiger partial charge in [-0.3, -0.25) is 4.57 Å². The first kappa shape index (κ1) is 28.7. The third kappa shape index (κ3) is 5.31. The number of nitrogens with zero attached hydrogens (tertiary/aromatic N) is 2. The standard InChI is InChI=1S/C32H26FN3O8/c33-22-16-36(31(40)35-26(22)34)27-24-25(44-30(39)21-14-8-3-9-15-21)32(24,18-42-29(38)20-12-6-2-7-13-20)23(43-27)17-41-28(37)19-10-4-1-5-11-19/h1-16,23-25,27H,17-18H2,(H2,34,35,40). The van der Waals surface area contributed by atoms with Crippen LogP contribution in [0.1, 0.15) is 37.3 Å². The smallest absolute Gasteiger partial charge is 0.351 e. The number of aromatic nitrogens is 2. The molecule has 224 valence electrons. The molecule has 0 amide bonds. The average molecular weight is 600 g/mol. The van der Waals surface area contributed by atoms with Crippen LogP contribution in [0.15, 0.2) is 102 Å². The second-order valence-corrected chi connectivity index (χ2v) is 10.4. The Kier molecular flexibility index (Phi) is 7.66. The molecule has 1 aliphatic carbocycles. The lowest BCUT2D eigenvalue weighted by Gasteiger charge is -2.26. The number of carbonyl (C=O) groups excluding carboxylic acids is 3. The fourth-order valence-electron chi connectivity index (χ4n) is 5.59. The van der Waals surface area contributed by atoms with Gasteiger partial charge in [-0.2, -0.15) is 4.98 Å². The van der Waals surface area contributed by atoms with Crippen molar-refractivity contribution in [3.05, 3.63) is 130 Å². The molecule has 4 aromatic rings. The minimum absolute atomic E-state index is 0.260. The van der Waals surface area contributed by atoms with Gasteiger partial charge in [-0.25, -0.2) is 23.6 Å². The van der Waals surface area contributed by atoms with E-state index in [2.05, 4.69) is 4.98 Å². The first-order valence-corrected chi connectivity index (χ1v) is 13.7. The van der Waals surface area contributed by atoms with Gasteiger partial charge in [0.15, 0.2) is 11.6 Å². The van der Waals surface area contributed by atoms with Gasteiger partial charge in [0, 0.05) is 0 Å². The lowest BCUT2D eigenvalue weighted by Crippen LogP contribution is -2.38. The number of rotatable bonds is 9. The highest BCUT2D eigenvalue weighted by molar-refractivity contribution is 5.90. The van der Waals surface area contributed by atoms with Crippen LogP contribution >= 0.6 is 0 Å². The van der Waals surface area contributed by atoms with E-state index < -0.39 is 65.0 Å². The van der Waals surface area contributed by atoms with Gasteiger partial charge in [-0.15, -0.1) is 0 Å². The summed E-state index contributed by atoms with van der Waals surface area (Å²) in [7, 11) is 0. The van der Waals surface area contributed by atoms with E-state index in [1.807, 2.05) is 0 Å². The number of ether oxygens (including phenoxy) is 4. The molecule has 2 fully saturated rings. The number of nitrogen functional groups attached to an aromatic ring is 1. The van der Waals surface area contributed by atoms with Crippen molar-refractivity contribution in [2.24, 2.45) is 11.3 Å². The molecule has 12 heteroatoms. The van der Waals surface area contributed by atoms with Crippen LogP contribution < -0.4 is 11.4 Å². The second-order valence-electron chi connectivity index (χ2n) is 10.4. The Morgan fingerprint density at radius 2 is 1.36 bits per heavy atom. The van der Waals surface area contributed by atoms with E-state index in [9.17, 15) is 23.6 Å². The van der Waals surface area contributed by atoms with Crippen LogP contribution in [0, 0.1) is 17.2 Å². The van der Waals surface area contributed by atoms with Crippen molar-refractivity contribution < 1.29 is 37.7 Å². The molecule has 2 heterocycles. The summed E-state index contributed by atoms with van der Waals surface area (Å²) < 4.78 is 38.8. The van der Waals surface area contributed by atoms with E-state index in [-0.39, 0.29) is 29.9 Å². The zero-order valence-electron chi connectivity index (χ0n) is 23.1. The maximum Gasteiger partial charge on any atom is 0.351 e. The highest BCUT2D eigenvalue weighted by Crippen LogP contribution is 2.68. The van der Waals surface area contributed by atoms with Crippen LogP contribution in [-0.2, 0) is 18.9 Å². The number of hydrogen-bond acceptors (Lipinski definition) is 10. The number of nitrogens with two attached hydrogens (primary N) is 1. The molecule has 0 radical (unpaired) electrons. The monoisotopic (exact) mass is 599 g/mol. The van der Waals surface area contributed by atoms with Gasteiger partial charge in [-0.1, -0.05) is 54.6 Å². The fraction of sp³-hybridized carbons (Fsp3) is 0.219. The molecule has 11 nitrogen and oxygen atoms in total. The largest absolute Gasteiger partial charge is 0.461 e. The number of esters is 3. The molecule has 0 spiro atoms. The SMILES string of the molecule is Nc1nc(=O)n(C2OC(COC(=O)c3ccccc3)C3(COC(=O)c4ccccc4)C(OC(=O)c4ccccc4)C23)cc1F. The molecule has 1 aliphatic heterocycles. The lowest BCUT2D eigenvalue weighted by molar-refractivity contribution is -0.0989. The molecule has 2 N–H and O–H groups in total. The second kappa shape index (κ2) is 11.7. The highest BCUT2D eigenvalue weighted by Gasteiger charge is 2.80. The number of benzene rings is 3. The van der Waals surface area contributed by atoms with E-state index >= 15 is 0 Å². The molecule has 6 rings (SSSR count). The molecule has 5 atom stereocenters. The molecule has 1 saturated carbocycles. The van der Waals surface area contributed by atoms with E-state index in [0.29, 0.717) is 0 Å². The number of fused-ring (bicyclic) bond motifs is 1. The Balaban J connectivity index is 1.35. The van der Waals surface area contributed by atoms with Crippen molar-refractivity contribution in [1.29, 1.82) is 0 Å². The van der Waals surface area contributed by atoms with Gasteiger partial charge >= 0.3 is 23.6 Å². The predicted molar refractivity (Wildman–Crippen MR) is 152 cm³/mol. The Morgan fingerprint density at radius 1 is 0.841 bits per heavy atom. The van der Waals surface area contributed by atoms with Gasteiger partial charge in [0.2, 0.25) is 0 Å². The van der Waals surface area contributed by atoms with E-state index in [4.69, 9.17) is 24.7 Å². The zero-order valence-corrected chi connectivity index (χ0v) is 23.1. The average Bonchev–Trinajstić information content (AvgIpc) is 3.55. The molecule has 5 unspecified atom stereocenters. The van der Waals surface area contributed by atoms with Crippen LogP contribution in [0.5, 0.6) is 0 Å². The van der Waals surface area contributed by atoms with Crippen LogP contribution in [0.25, 0.3) is 0 Å². The summed E-state index contributed by atoms with van der Waals surface area (Å²) in [6.07, 6.45) is -2.40. The lowest BCUT2D eigenvalue weighted by atomic mass is 9.98. The summed E-state index contributed by atoms with van der Waals surface area (Å²) in [6, 6.07) is 24.7. The number of anilines is 1. The molecular weight excluding hydrogens is 573 g/mol.